The number of benzene rings is 1. The fraction of sp³-hybridized carbons (Fsp3) is 0.800. The number of carbonyl (C=O) groups excluding carboxylic acids is 1. The Morgan fingerprint density at radius 1 is 1.04 bits per heavy atom. The maximum Gasteiger partial charge on any atom is 0.415 e. The van der Waals surface area contributed by atoms with Gasteiger partial charge in [0, 0.05) is 42.5 Å². The van der Waals surface area contributed by atoms with Crippen molar-refractivity contribution in [1.82, 2.24) is 4.90 Å². The molecule has 2 saturated carbocycles. The third-order valence-electron chi connectivity index (χ3n) is 10.9. The molecule has 0 aromatic heterocycles. The molecule has 2 aliphatic heterocycles. The Labute approximate surface area is 325 Å². The minimum Gasteiger partial charge on any atom is -0.410 e. The van der Waals surface area contributed by atoms with Gasteiger partial charge in [0.1, 0.15) is 21.4 Å². The lowest BCUT2D eigenvalue weighted by Gasteiger charge is -2.49. The van der Waals surface area contributed by atoms with E-state index in [2.05, 4.69) is 84.3 Å². The van der Waals surface area contributed by atoms with Crippen molar-refractivity contribution >= 4 is 49.4 Å². The molecule has 4 fully saturated rings. The third-order valence-corrected chi connectivity index (χ3v) is 11.2. The summed E-state index contributed by atoms with van der Waals surface area (Å²) in [5.41, 5.74) is 0.560. The summed E-state index contributed by atoms with van der Waals surface area (Å²) in [7, 11) is 11.2. The number of alkyl halides is 3. The molecule has 294 valence electrons. The van der Waals surface area contributed by atoms with Crippen LogP contribution in [0, 0.1) is 34.5 Å². The molecule has 1 N–H and O–H groups in total. The van der Waals surface area contributed by atoms with Crippen molar-refractivity contribution in [3.8, 4) is 5.75 Å². The fourth-order valence-electron chi connectivity index (χ4n) is 7.93. The van der Waals surface area contributed by atoms with Gasteiger partial charge in [-0.3, -0.25) is 4.39 Å². The number of nitrogens with zero attached hydrogens (tertiary/aromatic N) is 1. The monoisotopic (exact) mass is 766 g/mol. The average Bonchev–Trinajstić information content (AvgIpc) is 3.83. The van der Waals surface area contributed by atoms with Crippen LogP contribution in [0.4, 0.5) is 18.0 Å². The minimum absolute atomic E-state index is 0.0795. The molecular weight excluding hydrogens is 698 g/mol. The van der Waals surface area contributed by atoms with Crippen LogP contribution in [0.3, 0.4) is 0 Å². The smallest absolute Gasteiger partial charge is 0.410 e. The molecule has 2 saturated heterocycles. The number of likely N-dealkylation sites (tertiary alicyclic amines) is 1. The van der Waals surface area contributed by atoms with Gasteiger partial charge in [0.15, 0.2) is 0 Å². The second kappa shape index (κ2) is 23.7. The van der Waals surface area contributed by atoms with Crippen molar-refractivity contribution in [2.24, 2.45) is 29.1 Å². The van der Waals surface area contributed by atoms with Crippen molar-refractivity contribution in [2.45, 2.75) is 136 Å². The predicted molar refractivity (Wildman–Crippen MR) is 221 cm³/mol. The SMILES string of the molecule is CC.CC12CCC3c4ccc(OC(=O)N5CC6COCC6C5)cc4CCC3C1CCC2=N.CCC.CCCC.CP.[B]C([B])(F)C(F)(F)CCCS. The van der Waals surface area contributed by atoms with Crippen LogP contribution in [-0.4, -0.2) is 82.5 Å². The molecule has 0 spiro atoms. The van der Waals surface area contributed by atoms with Crippen LogP contribution in [0.1, 0.15) is 130 Å². The van der Waals surface area contributed by atoms with Gasteiger partial charge in [0.2, 0.25) is 0 Å². The number of fused-ring (bicyclic) bond motifs is 6. The molecule has 1 aromatic rings. The number of aryl methyl sites for hydroxylation is 1. The Morgan fingerprint density at radius 3 is 2.13 bits per heavy atom. The summed E-state index contributed by atoms with van der Waals surface area (Å²) < 4.78 is 48.5. The minimum atomic E-state index is -3.67. The molecule has 5 aliphatic rings. The molecule has 1 aromatic carbocycles. The van der Waals surface area contributed by atoms with Crippen LogP contribution in [-0.2, 0) is 11.2 Å². The summed E-state index contributed by atoms with van der Waals surface area (Å²) in [6.45, 7) is 19.9. The van der Waals surface area contributed by atoms with E-state index >= 15 is 0 Å². The lowest BCUT2D eigenvalue weighted by atomic mass is 9.55. The first kappa shape index (κ1) is 48.8. The summed E-state index contributed by atoms with van der Waals surface area (Å²) >= 11 is 3.69. The molecule has 7 atom stereocenters. The van der Waals surface area contributed by atoms with Crippen LogP contribution < -0.4 is 4.74 Å². The molecule has 5 nitrogen and oxygen atoms in total. The Balaban J connectivity index is 0.000000514. The highest BCUT2D eigenvalue weighted by Gasteiger charge is 2.53. The number of rotatable bonds is 6. The van der Waals surface area contributed by atoms with Gasteiger partial charge < -0.3 is 19.8 Å². The first-order chi connectivity index (χ1) is 24.7. The van der Waals surface area contributed by atoms with Crippen molar-refractivity contribution in [3.05, 3.63) is 29.3 Å². The van der Waals surface area contributed by atoms with E-state index < -0.39 is 17.8 Å². The van der Waals surface area contributed by atoms with E-state index in [4.69, 9.17) is 14.9 Å². The molecule has 4 radical (unpaired) electrons. The van der Waals surface area contributed by atoms with Crippen LogP contribution in [0.5, 0.6) is 5.75 Å². The number of amides is 1. The molecule has 6 rings (SSSR count). The lowest BCUT2D eigenvalue weighted by Crippen LogP contribution is -2.45. The van der Waals surface area contributed by atoms with Crippen LogP contribution in [0.15, 0.2) is 18.2 Å². The molecule has 12 heteroatoms. The topological polar surface area (TPSA) is 62.6 Å². The molecule has 52 heavy (non-hydrogen) atoms. The summed E-state index contributed by atoms with van der Waals surface area (Å²) in [6.07, 6.45) is 9.87. The van der Waals surface area contributed by atoms with Crippen LogP contribution >= 0.6 is 21.9 Å². The second-order valence-corrected chi connectivity index (χ2v) is 15.0. The zero-order valence-electron chi connectivity index (χ0n) is 33.4. The molecule has 0 bridgehead atoms. The van der Waals surface area contributed by atoms with E-state index in [0.29, 0.717) is 35.3 Å². The number of carbonyl (C=O) groups is 1. The normalized spacial score (nSPS) is 26.7. The van der Waals surface area contributed by atoms with Gasteiger partial charge in [-0.2, -0.15) is 12.6 Å². The Hall–Kier alpha value is -1.18. The van der Waals surface area contributed by atoms with E-state index in [1.165, 1.54) is 49.7 Å². The van der Waals surface area contributed by atoms with Gasteiger partial charge in [0.25, 0.3) is 5.92 Å². The number of thiol groups is 1. The highest BCUT2D eigenvalue weighted by atomic mass is 32.1. The summed E-state index contributed by atoms with van der Waals surface area (Å²) in [6, 6.07) is 6.35. The number of halogens is 3. The van der Waals surface area contributed by atoms with Crippen molar-refractivity contribution in [1.29, 1.82) is 5.41 Å². The predicted octanol–water partition coefficient (Wildman–Crippen LogP) is 10.7. The van der Waals surface area contributed by atoms with E-state index in [1.807, 2.05) is 31.5 Å². The number of nitrogens with one attached hydrogen (secondary N) is 1. The maximum atomic E-state index is 12.7. The molecule has 2 heterocycles. The number of hydrogen-bond donors (Lipinski definition) is 2. The van der Waals surface area contributed by atoms with Crippen LogP contribution in [0.25, 0.3) is 0 Å². The van der Waals surface area contributed by atoms with Crippen molar-refractivity contribution in [3.63, 3.8) is 0 Å². The zero-order valence-corrected chi connectivity index (χ0v) is 35.5. The highest BCUT2D eigenvalue weighted by molar-refractivity contribution is 7.80. The number of ether oxygens (including phenoxy) is 2. The van der Waals surface area contributed by atoms with Gasteiger partial charge >= 0.3 is 6.09 Å². The number of unbranched alkanes of at least 4 members (excludes halogenated alkanes) is 1. The first-order valence-electron chi connectivity index (χ1n) is 19.7. The number of hydrogen-bond acceptors (Lipinski definition) is 5. The van der Waals surface area contributed by atoms with Gasteiger partial charge in [-0.15, -0.1) is 9.24 Å². The second-order valence-electron chi connectivity index (χ2n) is 14.6. The maximum absolute atomic E-state index is 12.7. The first-order valence-corrected chi connectivity index (χ1v) is 21.5. The van der Waals surface area contributed by atoms with Crippen molar-refractivity contribution in [2.75, 3.05) is 38.7 Å². The Morgan fingerprint density at radius 2 is 1.62 bits per heavy atom. The quantitative estimate of drug-likeness (QED) is 0.172. The molecular formula is C40H68B2F3N2O3PS. The average molecular weight is 767 g/mol. The van der Waals surface area contributed by atoms with Gasteiger partial charge in [-0.05, 0) is 91.7 Å². The van der Waals surface area contributed by atoms with E-state index in [1.54, 1.807) is 0 Å². The summed E-state index contributed by atoms with van der Waals surface area (Å²) in [5, 5.41) is 8.47. The summed E-state index contributed by atoms with van der Waals surface area (Å²) in [4.78, 5) is 14.5. The van der Waals surface area contributed by atoms with Gasteiger partial charge in [-0.25, -0.2) is 13.6 Å². The third kappa shape index (κ3) is 13.0. The Bertz CT molecular complexity index is 1200. The Kier molecular flexibility index (Phi) is 22.2. The highest BCUT2D eigenvalue weighted by Crippen LogP contribution is 2.59. The fourth-order valence-corrected chi connectivity index (χ4v) is 8.09. The standard InChI is InChI=1S/C25H32N2O3.C5H7B2F3S.C4H10.C3H8.C2H6.CH5P/c1-25-9-8-20-19-5-3-18(30-24(28)27-11-16-13-29-14-17(16)12-27)10-15(19)2-4-21(20)22(25)6-7-23(25)26;6-5(7,10)4(8,9)2-1-3-11;1-3-4-2;1-3-2;2*1-2/h3,5,10,16-17,20-22,26H,2,4,6-9,11-14H2,1H3;11H,1-3H2;3-4H2,1-2H3;3H2,1-2H3;1-2H3;2H2,1H3. The molecule has 3 aliphatic carbocycles. The van der Waals surface area contributed by atoms with Crippen molar-refractivity contribution < 1.29 is 27.4 Å². The largest absolute Gasteiger partial charge is 0.415 e. The lowest BCUT2D eigenvalue weighted by molar-refractivity contribution is -0.0660. The molecule has 7 unspecified atom stereocenters. The van der Waals surface area contributed by atoms with E-state index in [-0.39, 0.29) is 23.7 Å². The van der Waals surface area contributed by atoms with Gasteiger partial charge in [0.05, 0.1) is 18.7 Å². The summed E-state index contributed by atoms with van der Waals surface area (Å²) in [5.74, 6) is 0.224. The van der Waals surface area contributed by atoms with Gasteiger partial charge in [-0.1, -0.05) is 80.5 Å². The van der Waals surface area contributed by atoms with Crippen LogP contribution in [0.2, 0.25) is 0 Å². The zero-order chi connectivity index (χ0) is 39.7. The van der Waals surface area contributed by atoms with E-state index in [0.717, 1.165) is 51.3 Å². The molecule has 1 amide bonds. The van der Waals surface area contributed by atoms with E-state index in [9.17, 15) is 18.0 Å².